The van der Waals surface area contributed by atoms with Crippen LogP contribution in [0, 0.1) is 13.8 Å². The van der Waals surface area contributed by atoms with Crippen LogP contribution in [0.1, 0.15) is 34.0 Å². The summed E-state index contributed by atoms with van der Waals surface area (Å²) in [5.74, 6) is 0.854. The normalized spacial score (nSPS) is 15.3. The van der Waals surface area contributed by atoms with Crippen LogP contribution in [0.15, 0.2) is 29.3 Å². The molecule has 1 aliphatic rings. The molecule has 0 amide bonds. The third-order valence-corrected chi connectivity index (χ3v) is 6.12. The number of benzene rings is 1. The molecule has 1 aromatic carbocycles. The maximum atomic E-state index is 6.15. The van der Waals surface area contributed by atoms with E-state index in [1.54, 1.807) is 11.3 Å². The average molecular weight is 505 g/mol. The molecule has 0 radical (unpaired) electrons. The van der Waals surface area contributed by atoms with E-state index in [1.165, 1.54) is 23.3 Å². The van der Waals surface area contributed by atoms with E-state index in [9.17, 15) is 0 Å². The third kappa shape index (κ3) is 5.33. The largest absolute Gasteiger partial charge is 0.356 e. The van der Waals surface area contributed by atoms with Crippen molar-refractivity contribution in [2.24, 2.45) is 4.99 Å². The highest BCUT2D eigenvalue weighted by Crippen LogP contribution is 2.48. The summed E-state index contributed by atoms with van der Waals surface area (Å²) in [6.07, 6.45) is 3.35. The molecule has 26 heavy (non-hydrogen) atoms. The van der Waals surface area contributed by atoms with Gasteiger partial charge in [0.2, 0.25) is 0 Å². The van der Waals surface area contributed by atoms with Crippen LogP contribution in [0.4, 0.5) is 0 Å². The molecule has 0 aliphatic heterocycles. The van der Waals surface area contributed by atoms with Crippen molar-refractivity contribution in [1.29, 1.82) is 0 Å². The summed E-state index contributed by atoms with van der Waals surface area (Å²) in [5, 5.41) is 8.83. The second-order valence-corrected chi connectivity index (χ2v) is 8.36. The maximum Gasteiger partial charge on any atom is 0.191 e. The van der Waals surface area contributed by atoms with Gasteiger partial charge in [-0.25, -0.2) is 4.98 Å². The lowest BCUT2D eigenvalue weighted by molar-refractivity contribution is 0.645. The molecule has 7 heteroatoms. The molecule has 0 atom stereocenters. The van der Waals surface area contributed by atoms with Gasteiger partial charge < -0.3 is 10.6 Å². The van der Waals surface area contributed by atoms with E-state index in [0.29, 0.717) is 0 Å². The highest BCUT2D eigenvalue weighted by Gasteiger charge is 2.44. The van der Waals surface area contributed by atoms with Crippen molar-refractivity contribution in [3.05, 3.63) is 50.4 Å². The van der Waals surface area contributed by atoms with E-state index < -0.39 is 0 Å². The van der Waals surface area contributed by atoms with Crippen molar-refractivity contribution in [2.75, 3.05) is 20.1 Å². The lowest BCUT2D eigenvalue weighted by Gasteiger charge is -2.19. The second kappa shape index (κ2) is 9.37. The molecule has 1 aliphatic carbocycles. The number of aliphatic imine (C=N–C) groups is 1. The van der Waals surface area contributed by atoms with Crippen LogP contribution in [-0.2, 0) is 11.8 Å². The Morgan fingerprint density at radius 1 is 1.31 bits per heavy atom. The molecule has 1 aromatic heterocycles. The Kier molecular flexibility index (Phi) is 7.73. The zero-order chi connectivity index (χ0) is 17.9. The van der Waals surface area contributed by atoms with Gasteiger partial charge in [-0.2, -0.15) is 0 Å². The topological polar surface area (TPSA) is 49.3 Å². The molecule has 0 bridgehead atoms. The van der Waals surface area contributed by atoms with Crippen LogP contribution in [-0.4, -0.2) is 31.1 Å². The van der Waals surface area contributed by atoms with Gasteiger partial charge in [-0.15, -0.1) is 35.3 Å². The smallest absolute Gasteiger partial charge is 0.191 e. The third-order valence-electron chi connectivity index (χ3n) is 4.75. The van der Waals surface area contributed by atoms with E-state index in [0.717, 1.165) is 41.2 Å². The number of rotatable bonds is 6. The van der Waals surface area contributed by atoms with Crippen molar-refractivity contribution in [3.63, 3.8) is 0 Å². The molecule has 0 spiro atoms. The van der Waals surface area contributed by atoms with Crippen molar-refractivity contribution < 1.29 is 0 Å². The van der Waals surface area contributed by atoms with Gasteiger partial charge in [-0.05, 0) is 44.4 Å². The minimum Gasteiger partial charge on any atom is -0.356 e. The standard InChI is InChI=1S/C19H25ClN4S.HI/c1-13-17(25-14(2)24-13)7-10-22-18(21-3)23-12-19(8-9-19)15-5-4-6-16(20)11-15;/h4-6,11H,7-10,12H2,1-3H3,(H2,21,22,23);1H. The monoisotopic (exact) mass is 504 g/mol. The predicted octanol–water partition coefficient (Wildman–Crippen LogP) is 4.47. The first kappa shape index (κ1) is 21.4. The number of hydrogen-bond donors (Lipinski definition) is 2. The molecular weight excluding hydrogens is 479 g/mol. The number of thiazole rings is 1. The SMILES string of the molecule is CN=C(NCCc1sc(C)nc1C)NCC1(c2cccc(Cl)c2)CC1.I. The van der Waals surface area contributed by atoms with Crippen LogP contribution < -0.4 is 10.6 Å². The number of aromatic nitrogens is 1. The van der Waals surface area contributed by atoms with Gasteiger partial charge in [0.05, 0.1) is 10.7 Å². The Balaban J connectivity index is 0.00000243. The number of nitrogens with zero attached hydrogens (tertiary/aromatic N) is 2. The highest BCUT2D eigenvalue weighted by molar-refractivity contribution is 14.0. The Bertz CT molecular complexity index is 771. The van der Waals surface area contributed by atoms with E-state index in [4.69, 9.17) is 11.6 Å². The maximum absolute atomic E-state index is 6.15. The van der Waals surface area contributed by atoms with E-state index >= 15 is 0 Å². The molecule has 1 heterocycles. The lowest BCUT2D eigenvalue weighted by atomic mass is 9.96. The van der Waals surface area contributed by atoms with E-state index in [-0.39, 0.29) is 29.4 Å². The van der Waals surface area contributed by atoms with Crippen molar-refractivity contribution in [1.82, 2.24) is 15.6 Å². The van der Waals surface area contributed by atoms with Gasteiger partial charge in [-0.1, -0.05) is 23.7 Å². The Hall–Kier alpha value is -0.860. The number of guanidine groups is 1. The fraction of sp³-hybridized carbons (Fsp3) is 0.474. The molecule has 3 rings (SSSR count). The van der Waals surface area contributed by atoms with Gasteiger partial charge >= 0.3 is 0 Å². The van der Waals surface area contributed by atoms with Gasteiger partial charge in [0, 0.05) is 41.9 Å². The molecule has 2 N–H and O–H groups in total. The zero-order valence-electron chi connectivity index (χ0n) is 15.4. The van der Waals surface area contributed by atoms with Crippen molar-refractivity contribution in [2.45, 2.75) is 38.5 Å². The fourth-order valence-electron chi connectivity index (χ4n) is 3.11. The Morgan fingerprint density at radius 3 is 2.65 bits per heavy atom. The Morgan fingerprint density at radius 2 is 2.08 bits per heavy atom. The molecule has 1 fully saturated rings. The summed E-state index contributed by atoms with van der Waals surface area (Å²) in [7, 11) is 1.82. The first-order valence-electron chi connectivity index (χ1n) is 8.66. The highest BCUT2D eigenvalue weighted by atomic mass is 127. The minimum absolute atomic E-state index is 0. The summed E-state index contributed by atoms with van der Waals surface area (Å²) in [4.78, 5) is 10.2. The molecule has 1 saturated carbocycles. The summed E-state index contributed by atoms with van der Waals surface area (Å²) in [6, 6.07) is 8.22. The molecule has 2 aromatic rings. The Labute approximate surface area is 181 Å². The van der Waals surface area contributed by atoms with Crippen LogP contribution >= 0.6 is 46.9 Å². The minimum atomic E-state index is 0. The fourth-order valence-corrected chi connectivity index (χ4v) is 4.24. The quantitative estimate of drug-likeness (QED) is 0.347. The summed E-state index contributed by atoms with van der Waals surface area (Å²) >= 11 is 7.93. The van der Waals surface area contributed by atoms with Crippen LogP contribution in [0.2, 0.25) is 5.02 Å². The first-order chi connectivity index (χ1) is 12.0. The number of halogens is 2. The molecule has 4 nitrogen and oxygen atoms in total. The summed E-state index contributed by atoms with van der Waals surface area (Å²) in [5.41, 5.74) is 2.66. The molecule has 142 valence electrons. The first-order valence-corrected chi connectivity index (χ1v) is 9.85. The van der Waals surface area contributed by atoms with E-state index in [1.807, 2.05) is 19.2 Å². The van der Waals surface area contributed by atoms with Gasteiger partial charge in [0.15, 0.2) is 5.96 Å². The van der Waals surface area contributed by atoms with E-state index in [2.05, 4.69) is 46.6 Å². The predicted molar refractivity (Wildman–Crippen MR) is 122 cm³/mol. The van der Waals surface area contributed by atoms with Gasteiger partial charge in [0.25, 0.3) is 0 Å². The van der Waals surface area contributed by atoms with Crippen molar-refractivity contribution in [3.8, 4) is 0 Å². The van der Waals surface area contributed by atoms with Gasteiger partial charge in [0.1, 0.15) is 0 Å². The number of aryl methyl sites for hydroxylation is 2. The molecule has 0 unspecified atom stereocenters. The number of hydrogen-bond acceptors (Lipinski definition) is 3. The van der Waals surface area contributed by atoms with Crippen molar-refractivity contribution >= 4 is 52.9 Å². The number of nitrogens with one attached hydrogen (secondary N) is 2. The van der Waals surface area contributed by atoms with Gasteiger partial charge in [-0.3, -0.25) is 4.99 Å². The average Bonchev–Trinajstić information content (AvgIpc) is 3.31. The van der Waals surface area contributed by atoms with Crippen LogP contribution in [0.5, 0.6) is 0 Å². The summed E-state index contributed by atoms with van der Waals surface area (Å²) in [6.45, 7) is 5.87. The summed E-state index contributed by atoms with van der Waals surface area (Å²) < 4.78 is 0. The van der Waals surface area contributed by atoms with Crippen LogP contribution in [0.3, 0.4) is 0 Å². The lowest BCUT2D eigenvalue weighted by Crippen LogP contribution is -2.41. The zero-order valence-corrected chi connectivity index (χ0v) is 19.3. The van der Waals surface area contributed by atoms with Crippen LogP contribution in [0.25, 0.3) is 0 Å². The second-order valence-electron chi connectivity index (χ2n) is 6.63. The molecule has 0 saturated heterocycles. The molecular formula is C19H26ClIN4S.